The molecule has 1 aromatic rings. The lowest BCUT2D eigenvalue weighted by Crippen LogP contribution is -2.36. The molecule has 2 amide bonds. The maximum Gasteiger partial charge on any atom is 0.308 e. The molecule has 9 heteroatoms. The molecule has 2 unspecified atom stereocenters. The Morgan fingerprint density at radius 3 is 2.68 bits per heavy atom. The molecule has 2 fully saturated rings. The second-order valence-corrected chi connectivity index (χ2v) is 5.47. The van der Waals surface area contributed by atoms with Crippen molar-refractivity contribution in [3.63, 3.8) is 0 Å². The Balaban J connectivity index is 0.00000176. The standard InChI is InChI=1S/C13H16N4O4.ClH/c18-11-3-9(7-17(11)10-4-14-15-5-10)12(19)16-2-1-8(6-16)13(20)21;/h4-5,8-9H,1-3,6-7H2,(H,14,15)(H,20,21);1H. The van der Waals surface area contributed by atoms with Gasteiger partial charge in [0.1, 0.15) is 0 Å². The number of carboxylic acids is 1. The summed E-state index contributed by atoms with van der Waals surface area (Å²) in [5.41, 5.74) is 0.653. The van der Waals surface area contributed by atoms with E-state index in [-0.39, 0.29) is 37.2 Å². The lowest BCUT2D eigenvalue weighted by molar-refractivity contribution is -0.141. The van der Waals surface area contributed by atoms with Gasteiger partial charge in [-0.1, -0.05) is 0 Å². The van der Waals surface area contributed by atoms with Crippen LogP contribution in [0.4, 0.5) is 5.69 Å². The van der Waals surface area contributed by atoms with E-state index in [0.29, 0.717) is 25.2 Å². The van der Waals surface area contributed by atoms with E-state index in [1.807, 2.05) is 0 Å². The van der Waals surface area contributed by atoms with Gasteiger partial charge in [0.25, 0.3) is 0 Å². The third-order valence-corrected chi connectivity index (χ3v) is 4.12. The van der Waals surface area contributed by atoms with Crippen molar-refractivity contribution in [2.24, 2.45) is 11.8 Å². The molecule has 2 atom stereocenters. The molecule has 0 saturated carbocycles. The number of amides is 2. The number of rotatable bonds is 3. The summed E-state index contributed by atoms with van der Waals surface area (Å²) in [7, 11) is 0. The van der Waals surface area contributed by atoms with Gasteiger partial charge in [0.15, 0.2) is 0 Å². The van der Waals surface area contributed by atoms with Gasteiger partial charge < -0.3 is 14.9 Å². The largest absolute Gasteiger partial charge is 0.481 e. The zero-order chi connectivity index (χ0) is 15.0. The summed E-state index contributed by atoms with van der Waals surface area (Å²) in [4.78, 5) is 38.4. The fourth-order valence-corrected chi connectivity index (χ4v) is 2.93. The van der Waals surface area contributed by atoms with Crippen molar-refractivity contribution in [3.8, 4) is 0 Å². The second kappa shape index (κ2) is 6.35. The molecule has 2 N–H and O–H groups in total. The maximum atomic E-state index is 12.4. The molecule has 1 aromatic heterocycles. The molecule has 2 aliphatic rings. The highest BCUT2D eigenvalue weighted by atomic mass is 35.5. The molecule has 22 heavy (non-hydrogen) atoms. The summed E-state index contributed by atoms with van der Waals surface area (Å²) < 4.78 is 0. The van der Waals surface area contributed by atoms with E-state index in [4.69, 9.17) is 5.11 Å². The Hall–Kier alpha value is -2.09. The first-order valence-electron chi connectivity index (χ1n) is 6.87. The number of halogens is 1. The Morgan fingerprint density at radius 2 is 2.09 bits per heavy atom. The average Bonchev–Trinajstić information content (AvgIpc) is 3.18. The third kappa shape index (κ3) is 2.92. The van der Waals surface area contributed by atoms with Crippen LogP contribution in [0, 0.1) is 11.8 Å². The summed E-state index contributed by atoms with van der Waals surface area (Å²) in [6.45, 7) is 1.02. The Morgan fingerprint density at radius 1 is 1.32 bits per heavy atom. The van der Waals surface area contributed by atoms with Crippen molar-refractivity contribution in [1.29, 1.82) is 0 Å². The summed E-state index contributed by atoms with van der Waals surface area (Å²) in [5.74, 6) is -1.99. The van der Waals surface area contributed by atoms with Gasteiger partial charge in [-0.25, -0.2) is 0 Å². The SMILES string of the molecule is Cl.O=C(O)C1CCN(C(=O)C2CC(=O)N(c3cn[nH]c3)C2)C1. The number of nitrogens with zero attached hydrogens (tertiary/aromatic N) is 3. The number of carboxylic acid groups (broad SMARTS) is 1. The predicted molar refractivity (Wildman–Crippen MR) is 78.6 cm³/mol. The number of aromatic nitrogens is 2. The molecule has 0 radical (unpaired) electrons. The molecule has 120 valence electrons. The minimum atomic E-state index is -0.868. The molecule has 0 aromatic carbocycles. The van der Waals surface area contributed by atoms with Gasteiger partial charge in [-0.15, -0.1) is 12.4 Å². The number of H-pyrrole nitrogens is 1. The van der Waals surface area contributed by atoms with Gasteiger partial charge in [0.2, 0.25) is 11.8 Å². The highest BCUT2D eigenvalue weighted by molar-refractivity contribution is 6.00. The Bertz CT molecular complexity index is 577. The summed E-state index contributed by atoms with van der Waals surface area (Å²) in [5, 5.41) is 15.4. The number of carbonyl (C=O) groups is 3. The van der Waals surface area contributed by atoms with Crippen molar-refractivity contribution in [1.82, 2.24) is 15.1 Å². The monoisotopic (exact) mass is 328 g/mol. The van der Waals surface area contributed by atoms with Gasteiger partial charge in [0.05, 0.1) is 23.7 Å². The minimum absolute atomic E-state index is 0. The normalized spacial score (nSPS) is 24.5. The third-order valence-electron chi connectivity index (χ3n) is 4.12. The van der Waals surface area contributed by atoms with Crippen LogP contribution in [-0.4, -0.2) is 57.6 Å². The maximum absolute atomic E-state index is 12.4. The van der Waals surface area contributed by atoms with Gasteiger partial charge in [-0.2, -0.15) is 5.10 Å². The quantitative estimate of drug-likeness (QED) is 0.819. The minimum Gasteiger partial charge on any atom is -0.481 e. The number of likely N-dealkylation sites (tertiary alicyclic amines) is 1. The highest BCUT2D eigenvalue weighted by Crippen LogP contribution is 2.27. The molecule has 0 aliphatic carbocycles. The number of carbonyl (C=O) groups excluding carboxylic acids is 2. The number of hydrogen-bond donors (Lipinski definition) is 2. The van der Waals surface area contributed by atoms with Gasteiger partial charge in [-0.3, -0.25) is 19.5 Å². The molecule has 3 rings (SSSR count). The molecule has 2 aliphatic heterocycles. The zero-order valence-corrected chi connectivity index (χ0v) is 12.6. The van der Waals surface area contributed by atoms with Crippen LogP contribution in [0.15, 0.2) is 12.4 Å². The van der Waals surface area contributed by atoms with E-state index in [0.717, 1.165) is 0 Å². The van der Waals surface area contributed by atoms with Crippen LogP contribution in [0.5, 0.6) is 0 Å². The topological polar surface area (TPSA) is 107 Å². The predicted octanol–water partition coefficient (Wildman–Crippen LogP) is 0.117. The molecular formula is C13H17ClN4O4. The van der Waals surface area contributed by atoms with Crippen LogP contribution < -0.4 is 4.90 Å². The van der Waals surface area contributed by atoms with Crippen LogP contribution in [0.25, 0.3) is 0 Å². The van der Waals surface area contributed by atoms with E-state index in [1.54, 1.807) is 17.3 Å². The number of aliphatic carboxylic acids is 1. The van der Waals surface area contributed by atoms with E-state index in [2.05, 4.69) is 10.2 Å². The highest BCUT2D eigenvalue weighted by Gasteiger charge is 2.40. The zero-order valence-electron chi connectivity index (χ0n) is 11.8. The van der Waals surface area contributed by atoms with Gasteiger partial charge in [-0.05, 0) is 6.42 Å². The van der Waals surface area contributed by atoms with Crippen LogP contribution in [0.1, 0.15) is 12.8 Å². The number of anilines is 1. The van der Waals surface area contributed by atoms with E-state index in [1.165, 1.54) is 4.90 Å². The molecule has 0 bridgehead atoms. The van der Waals surface area contributed by atoms with Crippen LogP contribution in [-0.2, 0) is 14.4 Å². The molecular weight excluding hydrogens is 312 g/mol. The lowest BCUT2D eigenvalue weighted by atomic mass is 10.1. The van der Waals surface area contributed by atoms with E-state index < -0.39 is 17.8 Å². The molecule has 3 heterocycles. The first-order chi connectivity index (χ1) is 10.1. The fourth-order valence-electron chi connectivity index (χ4n) is 2.93. The summed E-state index contributed by atoms with van der Waals surface area (Å²) >= 11 is 0. The van der Waals surface area contributed by atoms with Crippen molar-refractivity contribution >= 4 is 35.9 Å². The van der Waals surface area contributed by atoms with Gasteiger partial charge in [0, 0.05) is 32.3 Å². The van der Waals surface area contributed by atoms with Gasteiger partial charge >= 0.3 is 5.97 Å². The molecule has 8 nitrogen and oxygen atoms in total. The van der Waals surface area contributed by atoms with Crippen LogP contribution in [0.3, 0.4) is 0 Å². The molecule has 2 saturated heterocycles. The first kappa shape index (κ1) is 16.3. The second-order valence-electron chi connectivity index (χ2n) is 5.47. The summed E-state index contributed by atoms with van der Waals surface area (Å²) in [6.07, 6.45) is 3.80. The van der Waals surface area contributed by atoms with Crippen LogP contribution in [0.2, 0.25) is 0 Å². The summed E-state index contributed by atoms with van der Waals surface area (Å²) in [6, 6.07) is 0. The first-order valence-corrected chi connectivity index (χ1v) is 6.87. The van der Waals surface area contributed by atoms with E-state index >= 15 is 0 Å². The van der Waals surface area contributed by atoms with Crippen molar-refractivity contribution in [2.45, 2.75) is 12.8 Å². The lowest BCUT2D eigenvalue weighted by Gasteiger charge is -2.20. The van der Waals surface area contributed by atoms with Crippen molar-refractivity contribution in [3.05, 3.63) is 12.4 Å². The number of hydrogen-bond acceptors (Lipinski definition) is 4. The van der Waals surface area contributed by atoms with Crippen molar-refractivity contribution < 1.29 is 19.5 Å². The fraction of sp³-hybridized carbons (Fsp3) is 0.538. The Kier molecular flexibility index (Phi) is 4.70. The smallest absolute Gasteiger partial charge is 0.308 e. The molecule has 0 spiro atoms. The number of aromatic amines is 1. The number of nitrogens with one attached hydrogen (secondary N) is 1. The van der Waals surface area contributed by atoms with E-state index in [9.17, 15) is 14.4 Å². The average molecular weight is 329 g/mol. The van der Waals surface area contributed by atoms with Crippen molar-refractivity contribution in [2.75, 3.05) is 24.5 Å². The Labute approximate surface area is 132 Å². The van der Waals surface area contributed by atoms with Crippen LogP contribution >= 0.6 is 12.4 Å².